The van der Waals surface area contributed by atoms with E-state index < -0.39 is 30.5 Å². The number of aryl methyl sites for hydroxylation is 2. The lowest BCUT2D eigenvalue weighted by Crippen LogP contribution is -2.51. The number of nitrogens with one attached hydrogen (secondary N) is 2. The fourth-order valence-electron chi connectivity index (χ4n) is 3.36. The van der Waals surface area contributed by atoms with Gasteiger partial charge < -0.3 is 14.2 Å². The number of carbonyl (C=O) groups excluding carboxylic acids is 3. The molecule has 0 bridgehead atoms. The molecular formula is C24H23ClN4O6. The average Bonchev–Trinajstić information content (AvgIpc) is 3.14. The fourth-order valence-corrected chi connectivity index (χ4v) is 3.67. The molecule has 35 heavy (non-hydrogen) atoms. The van der Waals surface area contributed by atoms with Gasteiger partial charge in [-0.05, 0) is 31.5 Å². The second kappa shape index (κ2) is 10.5. The maximum atomic E-state index is 12.5. The molecule has 2 N–H and O–H groups in total. The lowest BCUT2D eigenvalue weighted by Gasteiger charge is -2.25. The Morgan fingerprint density at radius 1 is 1.09 bits per heavy atom. The van der Waals surface area contributed by atoms with Gasteiger partial charge in [-0.3, -0.25) is 20.4 Å². The highest BCUT2D eigenvalue weighted by molar-refractivity contribution is 6.32. The van der Waals surface area contributed by atoms with Crippen LogP contribution in [0.4, 0.5) is 0 Å². The monoisotopic (exact) mass is 498 g/mol. The van der Waals surface area contributed by atoms with Crippen LogP contribution >= 0.6 is 11.6 Å². The summed E-state index contributed by atoms with van der Waals surface area (Å²) in [6.07, 6.45) is -0.950. The van der Waals surface area contributed by atoms with Crippen molar-refractivity contribution in [2.75, 3.05) is 13.2 Å². The van der Waals surface area contributed by atoms with E-state index in [1.807, 2.05) is 31.2 Å². The van der Waals surface area contributed by atoms with E-state index in [2.05, 4.69) is 16.0 Å². The maximum absolute atomic E-state index is 12.5. The van der Waals surface area contributed by atoms with Crippen LogP contribution in [0.25, 0.3) is 0 Å². The van der Waals surface area contributed by atoms with Crippen molar-refractivity contribution in [3.63, 3.8) is 0 Å². The first-order valence-electron chi connectivity index (χ1n) is 10.7. The van der Waals surface area contributed by atoms with Crippen LogP contribution in [0.1, 0.15) is 27.2 Å². The molecule has 2 amide bonds. The number of para-hydroxylation sites is 2. The molecule has 1 unspecified atom stereocenters. The molecule has 1 aliphatic heterocycles. The summed E-state index contributed by atoms with van der Waals surface area (Å²) in [5.41, 5.74) is 6.94. The summed E-state index contributed by atoms with van der Waals surface area (Å²) in [6.45, 7) is 3.33. The topological polar surface area (TPSA) is 121 Å². The van der Waals surface area contributed by atoms with Gasteiger partial charge in [-0.25, -0.2) is 9.48 Å². The van der Waals surface area contributed by atoms with Crippen molar-refractivity contribution in [2.24, 2.45) is 0 Å². The fraction of sp³-hybridized carbons (Fsp3) is 0.250. The molecular weight excluding hydrogens is 476 g/mol. The third-order valence-electron chi connectivity index (χ3n) is 5.18. The molecule has 10 nitrogen and oxygen atoms in total. The van der Waals surface area contributed by atoms with Gasteiger partial charge in [0.25, 0.3) is 11.8 Å². The SMILES string of the molecule is Cc1ccc(Cn2nc(C)c(C(=O)OCC(=O)NNC(=O)C3COc4ccccc4O3)c2Cl)cc1. The number of aromatic nitrogens is 2. The Morgan fingerprint density at radius 3 is 2.54 bits per heavy atom. The van der Waals surface area contributed by atoms with Gasteiger partial charge in [0.15, 0.2) is 18.1 Å². The van der Waals surface area contributed by atoms with Gasteiger partial charge >= 0.3 is 5.97 Å². The highest BCUT2D eigenvalue weighted by atomic mass is 35.5. The van der Waals surface area contributed by atoms with E-state index in [4.69, 9.17) is 25.8 Å². The number of fused-ring (bicyclic) bond motifs is 1. The van der Waals surface area contributed by atoms with E-state index in [1.165, 1.54) is 4.68 Å². The van der Waals surface area contributed by atoms with Crippen LogP contribution < -0.4 is 20.3 Å². The zero-order chi connectivity index (χ0) is 24.9. The van der Waals surface area contributed by atoms with E-state index in [9.17, 15) is 14.4 Å². The van der Waals surface area contributed by atoms with Crippen LogP contribution in [0.15, 0.2) is 48.5 Å². The number of ether oxygens (including phenoxy) is 3. The number of nitrogens with zero attached hydrogens (tertiary/aromatic N) is 2. The smallest absolute Gasteiger partial charge is 0.343 e. The molecule has 182 valence electrons. The minimum atomic E-state index is -0.950. The molecule has 0 aliphatic carbocycles. The normalized spacial score (nSPS) is 14.2. The summed E-state index contributed by atoms with van der Waals surface area (Å²) >= 11 is 6.36. The van der Waals surface area contributed by atoms with Crippen LogP contribution in [-0.4, -0.2) is 46.9 Å². The van der Waals surface area contributed by atoms with Gasteiger partial charge in [0.2, 0.25) is 6.10 Å². The van der Waals surface area contributed by atoms with E-state index in [0.717, 1.165) is 11.1 Å². The molecule has 0 spiro atoms. The summed E-state index contributed by atoms with van der Waals surface area (Å²) in [6, 6.07) is 14.8. The highest BCUT2D eigenvalue weighted by Gasteiger charge is 2.28. The second-order valence-electron chi connectivity index (χ2n) is 7.87. The van der Waals surface area contributed by atoms with Gasteiger partial charge in [0.05, 0.1) is 12.2 Å². The molecule has 0 saturated carbocycles. The average molecular weight is 499 g/mol. The molecule has 1 atom stereocenters. The summed E-state index contributed by atoms with van der Waals surface area (Å²) < 4.78 is 17.6. The second-order valence-corrected chi connectivity index (χ2v) is 8.23. The van der Waals surface area contributed by atoms with Crippen LogP contribution in [-0.2, 0) is 20.9 Å². The first-order chi connectivity index (χ1) is 16.8. The van der Waals surface area contributed by atoms with Gasteiger partial charge in [-0.2, -0.15) is 5.10 Å². The molecule has 2 heterocycles. The van der Waals surface area contributed by atoms with Crippen LogP contribution in [0.3, 0.4) is 0 Å². The Bertz CT molecular complexity index is 1260. The molecule has 2 aromatic carbocycles. The predicted molar refractivity (Wildman–Crippen MR) is 125 cm³/mol. The number of amides is 2. The van der Waals surface area contributed by atoms with Crippen molar-refractivity contribution >= 4 is 29.4 Å². The van der Waals surface area contributed by atoms with Gasteiger partial charge in [-0.1, -0.05) is 53.6 Å². The molecule has 11 heteroatoms. The number of hydrazine groups is 1. The van der Waals surface area contributed by atoms with E-state index in [-0.39, 0.29) is 17.3 Å². The number of hydrogen-bond acceptors (Lipinski definition) is 7. The van der Waals surface area contributed by atoms with Crippen molar-refractivity contribution in [1.82, 2.24) is 20.6 Å². The summed E-state index contributed by atoms with van der Waals surface area (Å²) in [5, 5.41) is 4.41. The number of carbonyl (C=O) groups is 3. The van der Waals surface area contributed by atoms with Crippen molar-refractivity contribution in [1.29, 1.82) is 0 Å². The largest absolute Gasteiger partial charge is 0.485 e. The molecule has 0 fully saturated rings. The third-order valence-corrected chi connectivity index (χ3v) is 5.57. The maximum Gasteiger partial charge on any atom is 0.343 e. The zero-order valence-corrected chi connectivity index (χ0v) is 19.8. The molecule has 1 aliphatic rings. The molecule has 0 radical (unpaired) electrons. The first-order valence-corrected chi connectivity index (χ1v) is 11.1. The molecule has 3 aromatic rings. The zero-order valence-electron chi connectivity index (χ0n) is 19.0. The van der Waals surface area contributed by atoms with Crippen molar-refractivity contribution in [2.45, 2.75) is 26.5 Å². The lowest BCUT2D eigenvalue weighted by molar-refractivity contribution is -0.135. The Labute approximate surface area is 206 Å². The minimum absolute atomic E-state index is 0.0158. The van der Waals surface area contributed by atoms with E-state index in [0.29, 0.717) is 23.7 Å². The van der Waals surface area contributed by atoms with Crippen LogP contribution in [0.2, 0.25) is 5.15 Å². The Balaban J connectivity index is 1.27. The molecule has 0 saturated heterocycles. The van der Waals surface area contributed by atoms with Gasteiger partial charge in [0, 0.05) is 0 Å². The Morgan fingerprint density at radius 2 is 1.80 bits per heavy atom. The lowest BCUT2D eigenvalue weighted by atomic mass is 10.1. The third kappa shape index (κ3) is 5.72. The predicted octanol–water partition coefficient (Wildman–Crippen LogP) is 2.35. The summed E-state index contributed by atoms with van der Waals surface area (Å²) in [4.78, 5) is 36.9. The summed E-state index contributed by atoms with van der Waals surface area (Å²) in [5.74, 6) is -1.21. The number of rotatable bonds is 6. The van der Waals surface area contributed by atoms with Gasteiger partial charge in [-0.15, -0.1) is 0 Å². The first kappa shape index (κ1) is 24.1. The van der Waals surface area contributed by atoms with E-state index >= 15 is 0 Å². The Kier molecular flexibility index (Phi) is 7.21. The number of benzene rings is 2. The van der Waals surface area contributed by atoms with Crippen molar-refractivity contribution in [3.8, 4) is 11.5 Å². The minimum Gasteiger partial charge on any atom is -0.485 e. The highest BCUT2D eigenvalue weighted by Crippen LogP contribution is 2.30. The number of esters is 1. The molecule has 1 aromatic heterocycles. The quantitative estimate of drug-likeness (QED) is 0.395. The van der Waals surface area contributed by atoms with Gasteiger partial charge in [0.1, 0.15) is 17.3 Å². The standard InChI is InChI=1S/C24H23ClN4O6/c1-14-7-9-16(10-8-14)11-29-22(25)21(15(2)28-29)24(32)34-13-20(30)26-27-23(31)19-12-33-17-5-3-4-6-18(17)35-19/h3-10,19H,11-13H2,1-2H3,(H,26,30)(H,27,31). The Hall–Kier alpha value is -4.05. The number of halogens is 1. The van der Waals surface area contributed by atoms with Crippen LogP contribution in [0, 0.1) is 13.8 Å². The van der Waals surface area contributed by atoms with Crippen molar-refractivity contribution in [3.05, 3.63) is 76.1 Å². The number of hydrogen-bond donors (Lipinski definition) is 2. The van der Waals surface area contributed by atoms with Crippen molar-refractivity contribution < 1.29 is 28.6 Å². The van der Waals surface area contributed by atoms with E-state index in [1.54, 1.807) is 31.2 Å². The summed E-state index contributed by atoms with van der Waals surface area (Å²) in [7, 11) is 0. The molecule has 4 rings (SSSR count). The van der Waals surface area contributed by atoms with Crippen LogP contribution in [0.5, 0.6) is 11.5 Å².